The Morgan fingerprint density at radius 2 is 1.97 bits per heavy atom. The number of carbonyl (C=O) groups is 2. The first-order valence-electron chi connectivity index (χ1n) is 10.2. The number of amides is 2. The van der Waals surface area contributed by atoms with Crippen LogP contribution >= 0.6 is 11.8 Å². The molecule has 1 N–H and O–H groups in total. The van der Waals surface area contributed by atoms with Crippen LogP contribution in [0.4, 0.5) is 5.69 Å². The van der Waals surface area contributed by atoms with E-state index in [1.165, 1.54) is 16.7 Å². The van der Waals surface area contributed by atoms with Crippen LogP contribution in [-0.2, 0) is 11.3 Å². The van der Waals surface area contributed by atoms with Crippen LogP contribution in [0.1, 0.15) is 21.7 Å². The Labute approximate surface area is 194 Å². The van der Waals surface area contributed by atoms with Crippen molar-refractivity contribution in [3.63, 3.8) is 0 Å². The molecule has 0 radical (unpaired) electrons. The lowest BCUT2D eigenvalue weighted by atomic mass is 10.1. The number of carbonyl (C=O) groups excluding carboxylic acids is 2. The maximum Gasteiger partial charge on any atom is 0.253 e. The smallest absolute Gasteiger partial charge is 0.253 e. The SMILES string of the molecule is Cc1cccc(-n2nnnc2SCC(=O)N(C)c2ccccc2C(=O)NCc2ccco2)c1. The summed E-state index contributed by atoms with van der Waals surface area (Å²) in [5.74, 6) is 0.265. The zero-order valence-electron chi connectivity index (χ0n) is 18.1. The van der Waals surface area contributed by atoms with Crippen molar-refractivity contribution in [3.05, 3.63) is 83.8 Å². The number of para-hydroxylation sites is 1. The Morgan fingerprint density at radius 3 is 2.76 bits per heavy atom. The van der Waals surface area contributed by atoms with E-state index in [1.54, 1.807) is 54.4 Å². The lowest BCUT2D eigenvalue weighted by molar-refractivity contribution is -0.115. The van der Waals surface area contributed by atoms with Crippen LogP contribution in [0.3, 0.4) is 0 Å². The van der Waals surface area contributed by atoms with Crippen molar-refractivity contribution in [3.8, 4) is 5.69 Å². The van der Waals surface area contributed by atoms with Gasteiger partial charge in [-0.15, -0.1) is 5.10 Å². The molecule has 0 aliphatic heterocycles. The third kappa shape index (κ3) is 5.29. The first-order chi connectivity index (χ1) is 16.0. The van der Waals surface area contributed by atoms with Crippen LogP contribution in [0.15, 0.2) is 76.5 Å². The Morgan fingerprint density at radius 1 is 1.12 bits per heavy atom. The molecule has 2 aromatic carbocycles. The number of hydrogen-bond donors (Lipinski definition) is 1. The number of furan rings is 1. The predicted octanol–water partition coefficient (Wildman–Crippen LogP) is 3.25. The topological polar surface area (TPSA) is 106 Å². The molecule has 10 heteroatoms. The molecule has 0 aliphatic carbocycles. The summed E-state index contributed by atoms with van der Waals surface area (Å²) in [5.41, 5.74) is 2.81. The van der Waals surface area contributed by atoms with Gasteiger partial charge >= 0.3 is 0 Å². The van der Waals surface area contributed by atoms with E-state index in [0.717, 1.165) is 11.3 Å². The van der Waals surface area contributed by atoms with Crippen molar-refractivity contribution in [1.82, 2.24) is 25.5 Å². The average Bonchev–Trinajstić information content (AvgIpc) is 3.52. The normalized spacial score (nSPS) is 10.7. The fraction of sp³-hybridized carbons (Fsp3) is 0.174. The van der Waals surface area contributed by atoms with Crippen molar-refractivity contribution >= 4 is 29.3 Å². The van der Waals surface area contributed by atoms with Gasteiger partial charge in [0.1, 0.15) is 5.76 Å². The molecule has 0 atom stereocenters. The minimum atomic E-state index is -0.294. The van der Waals surface area contributed by atoms with Gasteiger partial charge in [-0.1, -0.05) is 36.0 Å². The number of rotatable bonds is 8. The van der Waals surface area contributed by atoms with Gasteiger partial charge in [-0.3, -0.25) is 9.59 Å². The van der Waals surface area contributed by atoms with E-state index in [2.05, 4.69) is 20.8 Å². The van der Waals surface area contributed by atoms with E-state index in [1.807, 2.05) is 31.2 Å². The number of tetrazole rings is 1. The molecular formula is C23H22N6O3S. The molecule has 0 saturated heterocycles. The number of nitrogens with one attached hydrogen (secondary N) is 1. The summed E-state index contributed by atoms with van der Waals surface area (Å²) in [5, 5.41) is 15.1. The van der Waals surface area contributed by atoms with Crippen LogP contribution in [0.5, 0.6) is 0 Å². The molecule has 0 fully saturated rings. The molecule has 4 aromatic rings. The highest BCUT2D eigenvalue weighted by Crippen LogP contribution is 2.23. The summed E-state index contributed by atoms with van der Waals surface area (Å²) in [6, 6.07) is 18.3. The summed E-state index contributed by atoms with van der Waals surface area (Å²) >= 11 is 1.23. The minimum Gasteiger partial charge on any atom is -0.467 e. The van der Waals surface area contributed by atoms with Crippen molar-refractivity contribution in [1.29, 1.82) is 0 Å². The molecule has 168 valence electrons. The number of nitrogens with zero attached hydrogens (tertiary/aromatic N) is 5. The monoisotopic (exact) mass is 462 g/mol. The second-order valence-corrected chi connectivity index (χ2v) is 8.18. The predicted molar refractivity (Wildman–Crippen MR) is 124 cm³/mol. The van der Waals surface area contributed by atoms with Gasteiger partial charge in [0.15, 0.2) is 0 Å². The van der Waals surface area contributed by atoms with Crippen molar-refractivity contribution in [2.24, 2.45) is 0 Å². The molecular weight excluding hydrogens is 440 g/mol. The van der Waals surface area contributed by atoms with Gasteiger partial charge in [-0.25, -0.2) is 0 Å². The van der Waals surface area contributed by atoms with Crippen LogP contribution in [0.25, 0.3) is 5.69 Å². The number of benzene rings is 2. The summed E-state index contributed by atoms with van der Waals surface area (Å²) in [7, 11) is 1.64. The average molecular weight is 463 g/mol. The van der Waals surface area contributed by atoms with E-state index in [9.17, 15) is 9.59 Å². The quantitative estimate of drug-likeness (QED) is 0.401. The van der Waals surface area contributed by atoms with E-state index in [4.69, 9.17) is 4.42 Å². The minimum absolute atomic E-state index is 0.102. The molecule has 2 amide bonds. The number of thioether (sulfide) groups is 1. The van der Waals surface area contributed by atoms with Crippen LogP contribution in [-0.4, -0.2) is 44.8 Å². The first kappa shape index (κ1) is 22.3. The molecule has 2 aromatic heterocycles. The van der Waals surface area contributed by atoms with Crippen LogP contribution in [0, 0.1) is 6.92 Å². The lowest BCUT2D eigenvalue weighted by Gasteiger charge is -2.20. The van der Waals surface area contributed by atoms with Gasteiger partial charge in [0.05, 0.1) is 35.5 Å². The number of hydrogen-bond acceptors (Lipinski definition) is 7. The number of aryl methyl sites for hydroxylation is 1. The van der Waals surface area contributed by atoms with Gasteiger partial charge < -0.3 is 14.6 Å². The highest BCUT2D eigenvalue weighted by atomic mass is 32.2. The number of anilines is 1. The van der Waals surface area contributed by atoms with Crippen LogP contribution < -0.4 is 10.2 Å². The molecule has 9 nitrogen and oxygen atoms in total. The highest BCUT2D eigenvalue weighted by Gasteiger charge is 2.20. The zero-order chi connectivity index (χ0) is 23.2. The fourth-order valence-electron chi connectivity index (χ4n) is 3.18. The third-order valence-electron chi connectivity index (χ3n) is 4.90. The molecule has 0 spiro atoms. The second-order valence-electron chi connectivity index (χ2n) is 7.23. The Balaban J connectivity index is 1.43. The van der Waals surface area contributed by atoms with Crippen LogP contribution in [0.2, 0.25) is 0 Å². The highest BCUT2D eigenvalue weighted by molar-refractivity contribution is 7.99. The Kier molecular flexibility index (Phi) is 6.84. The maximum absolute atomic E-state index is 12.9. The number of aromatic nitrogens is 4. The summed E-state index contributed by atoms with van der Waals surface area (Å²) in [6.07, 6.45) is 1.55. The lowest BCUT2D eigenvalue weighted by Crippen LogP contribution is -2.31. The maximum atomic E-state index is 12.9. The first-order valence-corrected chi connectivity index (χ1v) is 11.2. The third-order valence-corrected chi connectivity index (χ3v) is 5.80. The molecule has 0 bridgehead atoms. The van der Waals surface area contributed by atoms with Gasteiger partial charge in [-0.2, -0.15) is 4.68 Å². The van der Waals surface area contributed by atoms with Crippen molar-refractivity contribution in [2.75, 3.05) is 17.7 Å². The fourth-order valence-corrected chi connectivity index (χ4v) is 3.99. The molecule has 0 saturated carbocycles. The summed E-state index contributed by atoms with van der Waals surface area (Å²) in [6.45, 7) is 2.25. The molecule has 4 rings (SSSR count). The van der Waals surface area contributed by atoms with Gasteiger partial charge in [0.25, 0.3) is 5.91 Å². The van der Waals surface area contributed by atoms with Gasteiger partial charge in [-0.05, 0) is 59.3 Å². The largest absolute Gasteiger partial charge is 0.467 e. The molecule has 0 aliphatic rings. The van der Waals surface area contributed by atoms with Crippen molar-refractivity contribution in [2.45, 2.75) is 18.6 Å². The Hall–Kier alpha value is -3.92. The van der Waals surface area contributed by atoms with Crippen molar-refractivity contribution < 1.29 is 14.0 Å². The van der Waals surface area contributed by atoms with E-state index >= 15 is 0 Å². The molecule has 2 heterocycles. The van der Waals surface area contributed by atoms with Gasteiger partial charge in [0, 0.05) is 7.05 Å². The molecule has 0 unspecified atom stereocenters. The zero-order valence-corrected chi connectivity index (χ0v) is 19.0. The van der Waals surface area contributed by atoms with Gasteiger partial charge in [0.2, 0.25) is 11.1 Å². The van der Waals surface area contributed by atoms with E-state index in [0.29, 0.717) is 22.2 Å². The molecule has 33 heavy (non-hydrogen) atoms. The Bertz CT molecular complexity index is 1250. The summed E-state index contributed by atoms with van der Waals surface area (Å²) in [4.78, 5) is 27.1. The summed E-state index contributed by atoms with van der Waals surface area (Å²) < 4.78 is 6.85. The standard InChI is InChI=1S/C23H22N6O3S/c1-16-7-5-8-17(13-16)29-23(25-26-27-29)33-15-21(30)28(2)20-11-4-3-10-19(20)22(31)24-14-18-9-6-12-32-18/h3-13H,14-15H2,1-2H3,(H,24,31). The van der Waals surface area contributed by atoms with E-state index in [-0.39, 0.29) is 24.1 Å². The van der Waals surface area contributed by atoms with E-state index < -0.39 is 0 Å². The second kappa shape index (κ2) is 10.1.